The smallest absolute Gasteiger partial charge is 0.118 e. The van der Waals surface area contributed by atoms with E-state index in [-0.39, 0.29) is 0 Å². The summed E-state index contributed by atoms with van der Waals surface area (Å²) in [5, 5.41) is 0. The van der Waals surface area contributed by atoms with Crippen LogP contribution in [0, 0.1) is 0 Å². The van der Waals surface area contributed by atoms with Crippen LogP contribution in [0.5, 0.6) is 5.75 Å². The molecule has 0 aliphatic carbocycles. The van der Waals surface area contributed by atoms with Crippen molar-refractivity contribution in [1.82, 2.24) is 5.43 Å². The van der Waals surface area contributed by atoms with Crippen molar-refractivity contribution in [3.05, 3.63) is 84.4 Å². The molecule has 0 unspecified atom stereocenters. The van der Waals surface area contributed by atoms with E-state index in [0.29, 0.717) is 0 Å². The van der Waals surface area contributed by atoms with Gasteiger partial charge in [-0.15, -0.1) is 0 Å². The lowest BCUT2D eigenvalue weighted by Gasteiger charge is -2.12. The molecule has 0 aliphatic heterocycles. The molecule has 0 heterocycles. The third-order valence-electron chi connectivity index (χ3n) is 3.55. The molecule has 0 radical (unpaired) electrons. The van der Waals surface area contributed by atoms with Crippen molar-refractivity contribution in [1.29, 1.82) is 0 Å². The van der Waals surface area contributed by atoms with Gasteiger partial charge in [-0.1, -0.05) is 48.2 Å². The number of hydrogen-bond donors (Lipinski definition) is 2. The summed E-state index contributed by atoms with van der Waals surface area (Å²) in [7, 11) is 1.68. The number of ether oxygens (including phenoxy) is 1. The highest BCUT2D eigenvalue weighted by atomic mass is 32.2. The summed E-state index contributed by atoms with van der Waals surface area (Å²) >= 11 is 1.76. The van der Waals surface area contributed by atoms with Crippen molar-refractivity contribution in [2.75, 3.05) is 12.5 Å². The molecule has 0 atom stereocenters. The van der Waals surface area contributed by atoms with Gasteiger partial charge in [0.05, 0.1) is 7.11 Å². The van der Waals surface area contributed by atoms with E-state index in [4.69, 9.17) is 4.74 Å². The predicted molar refractivity (Wildman–Crippen MR) is 100 cm³/mol. The molecule has 3 aromatic rings. The second-order valence-corrected chi connectivity index (χ2v) is 6.35. The molecular weight excluding hydrogens is 316 g/mol. The lowest BCUT2D eigenvalue weighted by Crippen LogP contribution is -2.21. The van der Waals surface area contributed by atoms with Gasteiger partial charge in [-0.2, -0.15) is 0 Å². The average Bonchev–Trinajstić information content (AvgIpc) is 2.65. The Morgan fingerprint density at radius 2 is 1.54 bits per heavy atom. The lowest BCUT2D eigenvalue weighted by atomic mass is 10.2. The van der Waals surface area contributed by atoms with E-state index in [1.807, 2.05) is 42.5 Å². The number of hydrogen-bond acceptors (Lipinski definition) is 4. The Hall–Kier alpha value is -2.43. The zero-order valence-electron chi connectivity index (χ0n) is 13.5. The fraction of sp³-hybridized carbons (Fsp3) is 0.100. The number of rotatable bonds is 7. The molecule has 3 rings (SSSR count). The minimum atomic E-state index is 0.744. The Morgan fingerprint density at radius 3 is 2.29 bits per heavy atom. The van der Waals surface area contributed by atoms with Crippen LogP contribution in [0.25, 0.3) is 0 Å². The van der Waals surface area contributed by atoms with Crippen molar-refractivity contribution in [3.8, 4) is 5.75 Å². The van der Waals surface area contributed by atoms with Crippen LogP contribution in [-0.4, -0.2) is 7.11 Å². The fourth-order valence-corrected chi connectivity index (χ4v) is 3.23. The third kappa shape index (κ3) is 4.54. The van der Waals surface area contributed by atoms with Crippen LogP contribution in [0.4, 0.5) is 5.69 Å². The van der Waals surface area contributed by atoms with Gasteiger partial charge in [0, 0.05) is 22.0 Å². The van der Waals surface area contributed by atoms with Gasteiger partial charge in [0.1, 0.15) is 5.75 Å². The Labute approximate surface area is 147 Å². The normalized spacial score (nSPS) is 10.4. The van der Waals surface area contributed by atoms with E-state index in [1.165, 1.54) is 15.4 Å². The van der Waals surface area contributed by atoms with Crippen LogP contribution in [0.1, 0.15) is 5.56 Å². The molecule has 4 heteroatoms. The Kier molecular flexibility index (Phi) is 5.77. The molecule has 0 amide bonds. The van der Waals surface area contributed by atoms with Gasteiger partial charge in [-0.25, -0.2) is 5.43 Å². The van der Waals surface area contributed by atoms with Crippen LogP contribution in [0.3, 0.4) is 0 Å². The summed E-state index contributed by atoms with van der Waals surface area (Å²) in [6, 6.07) is 26.7. The molecular formula is C20H20N2OS. The molecule has 3 nitrogen and oxygen atoms in total. The maximum Gasteiger partial charge on any atom is 0.118 e. The van der Waals surface area contributed by atoms with Crippen molar-refractivity contribution < 1.29 is 4.74 Å². The van der Waals surface area contributed by atoms with E-state index in [2.05, 4.69) is 47.2 Å². The second kappa shape index (κ2) is 8.43. The van der Waals surface area contributed by atoms with E-state index >= 15 is 0 Å². The van der Waals surface area contributed by atoms with Gasteiger partial charge in [0.15, 0.2) is 0 Å². The summed E-state index contributed by atoms with van der Waals surface area (Å²) in [5.74, 6) is 0.876. The van der Waals surface area contributed by atoms with Crippen LogP contribution in [-0.2, 0) is 6.54 Å². The van der Waals surface area contributed by atoms with Crippen molar-refractivity contribution in [2.45, 2.75) is 16.3 Å². The van der Waals surface area contributed by atoms with E-state index in [9.17, 15) is 0 Å². The summed E-state index contributed by atoms with van der Waals surface area (Å²) in [5.41, 5.74) is 8.81. The van der Waals surface area contributed by atoms with Gasteiger partial charge >= 0.3 is 0 Å². The minimum Gasteiger partial charge on any atom is -0.497 e. The SMILES string of the molecule is COc1ccc(Sc2ccccc2CNNc2ccccc2)cc1. The third-order valence-corrected chi connectivity index (χ3v) is 4.67. The highest BCUT2D eigenvalue weighted by molar-refractivity contribution is 7.99. The van der Waals surface area contributed by atoms with Gasteiger partial charge in [-0.3, -0.25) is 0 Å². The van der Waals surface area contributed by atoms with Crippen molar-refractivity contribution in [3.63, 3.8) is 0 Å². The van der Waals surface area contributed by atoms with Crippen molar-refractivity contribution in [2.24, 2.45) is 0 Å². The van der Waals surface area contributed by atoms with Crippen LogP contribution in [0.2, 0.25) is 0 Å². The van der Waals surface area contributed by atoms with Crippen LogP contribution in [0.15, 0.2) is 88.7 Å². The molecule has 0 fully saturated rings. The maximum absolute atomic E-state index is 5.21. The molecule has 0 saturated carbocycles. The first-order valence-corrected chi connectivity index (χ1v) is 8.60. The number of anilines is 1. The molecule has 3 aromatic carbocycles. The minimum absolute atomic E-state index is 0.744. The Bertz CT molecular complexity index is 760. The lowest BCUT2D eigenvalue weighted by molar-refractivity contribution is 0.414. The zero-order chi connectivity index (χ0) is 16.6. The van der Waals surface area contributed by atoms with Gasteiger partial charge in [0.2, 0.25) is 0 Å². The molecule has 0 bridgehead atoms. The average molecular weight is 336 g/mol. The number of para-hydroxylation sites is 1. The van der Waals surface area contributed by atoms with Gasteiger partial charge in [0.25, 0.3) is 0 Å². The molecule has 24 heavy (non-hydrogen) atoms. The monoisotopic (exact) mass is 336 g/mol. The summed E-state index contributed by atoms with van der Waals surface area (Å²) in [4.78, 5) is 2.43. The van der Waals surface area contributed by atoms with Crippen LogP contribution >= 0.6 is 11.8 Å². The zero-order valence-corrected chi connectivity index (χ0v) is 14.3. The van der Waals surface area contributed by atoms with E-state index < -0.39 is 0 Å². The molecule has 0 spiro atoms. The van der Waals surface area contributed by atoms with E-state index in [1.54, 1.807) is 18.9 Å². The summed E-state index contributed by atoms with van der Waals surface area (Å²) in [6.45, 7) is 0.744. The van der Waals surface area contributed by atoms with Gasteiger partial charge in [-0.05, 0) is 48.0 Å². The predicted octanol–water partition coefficient (Wildman–Crippen LogP) is 4.96. The standard InChI is InChI=1S/C20H20N2OS/c1-23-18-11-13-19(14-12-18)24-20-10-6-5-7-16(20)15-21-22-17-8-3-2-4-9-17/h2-14,21-22H,15H2,1H3. The van der Waals surface area contributed by atoms with Crippen LogP contribution < -0.4 is 15.6 Å². The number of hydrazine groups is 1. The number of methoxy groups -OCH3 is 1. The topological polar surface area (TPSA) is 33.3 Å². The van der Waals surface area contributed by atoms with E-state index in [0.717, 1.165) is 18.0 Å². The van der Waals surface area contributed by atoms with Crippen molar-refractivity contribution >= 4 is 17.4 Å². The number of nitrogens with one attached hydrogen (secondary N) is 2. The Balaban J connectivity index is 1.63. The fourth-order valence-electron chi connectivity index (χ4n) is 2.28. The maximum atomic E-state index is 5.21. The molecule has 0 aliphatic rings. The first-order valence-electron chi connectivity index (χ1n) is 7.79. The molecule has 0 saturated heterocycles. The van der Waals surface area contributed by atoms with Gasteiger partial charge < -0.3 is 10.2 Å². The largest absolute Gasteiger partial charge is 0.497 e. The highest BCUT2D eigenvalue weighted by Crippen LogP contribution is 2.31. The summed E-state index contributed by atoms with van der Waals surface area (Å²) < 4.78 is 5.21. The molecule has 0 aromatic heterocycles. The highest BCUT2D eigenvalue weighted by Gasteiger charge is 2.04. The number of benzene rings is 3. The first-order chi connectivity index (χ1) is 11.8. The molecule has 122 valence electrons. The quantitative estimate of drug-likeness (QED) is 0.597. The second-order valence-electron chi connectivity index (χ2n) is 5.23. The molecule has 2 N–H and O–H groups in total. The first kappa shape index (κ1) is 16.4. The Morgan fingerprint density at radius 1 is 0.833 bits per heavy atom. The summed E-state index contributed by atoms with van der Waals surface area (Å²) in [6.07, 6.45) is 0.